The molecule has 0 saturated carbocycles. The van der Waals surface area contributed by atoms with Crippen molar-refractivity contribution in [1.29, 1.82) is 0 Å². The van der Waals surface area contributed by atoms with Gasteiger partial charge in [-0.3, -0.25) is 14.5 Å². The molecule has 0 spiro atoms. The largest absolute Gasteiger partial charge is 0.493 e. The lowest BCUT2D eigenvalue weighted by molar-refractivity contribution is -0.112. The molecule has 0 aliphatic carbocycles. The van der Waals surface area contributed by atoms with Gasteiger partial charge in [0.25, 0.3) is 0 Å². The highest BCUT2D eigenvalue weighted by atomic mass is 19.1. The number of unbranched alkanes of at least 4 members (excludes halogenated alkanes) is 3. The maximum Gasteiger partial charge on any atom is 0.229 e. The first kappa shape index (κ1) is 50.9. The van der Waals surface area contributed by atoms with Crippen LogP contribution in [0.2, 0.25) is 0 Å². The van der Waals surface area contributed by atoms with Gasteiger partial charge in [-0.05, 0) is 130 Å². The smallest absolute Gasteiger partial charge is 0.229 e. The molecule has 1 fully saturated rings. The Labute approximate surface area is 376 Å². The second kappa shape index (κ2) is 26.8. The summed E-state index contributed by atoms with van der Waals surface area (Å²) in [6.45, 7) is 8.68. The number of likely N-dealkylation sites (tertiary alicyclic amines) is 1. The number of carbonyl (C=O) groups excluding carboxylic acids is 4. The number of halogens is 2. The van der Waals surface area contributed by atoms with Crippen molar-refractivity contribution in [3.05, 3.63) is 83.2 Å². The van der Waals surface area contributed by atoms with Gasteiger partial charge in [0.05, 0.1) is 36.6 Å². The van der Waals surface area contributed by atoms with Crippen LogP contribution >= 0.6 is 0 Å². The molecular formula is C48H64F2N8O6. The molecule has 4 aromatic rings. The summed E-state index contributed by atoms with van der Waals surface area (Å²) in [5.41, 5.74) is 2.71. The summed E-state index contributed by atoms with van der Waals surface area (Å²) in [6.07, 6.45) is 13.3. The quantitative estimate of drug-likeness (QED) is 0.0662. The highest BCUT2D eigenvalue weighted by molar-refractivity contribution is 5.92. The zero-order chi connectivity index (χ0) is 46.4. The number of aldehydes is 4. The fourth-order valence-corrected chi connectivity index (χ4v) is 7.51. The molecule has 2 aromatic carbocycles. The Morgan fingerprint density at radius 3 is 2.31 bits per heavy atom. The number of anilines is 3. The van der Waals surface area contributed by atoms with Gasteiger partial charge in [-0.15, -0.1) is 0 Å². The number of likely N-dealkylation sites (N-methyl/N-ethyl adjacent to an activating group) is 1. The van der Waals surface area contributed by atoms with Gasteiger partial charge in [0.15, 0.2) is 30.0 Å². The van der Waals surface area contributed by atoms with Crippen molar-refractivity contribution in [2.45, 2.75) is 83.2 Å². The fraction of sp³-hybridized carbons (Fsp3) is 0.479. The normalized spacial score (nSPS) is 14.2. The Morgan fingerprint density at radius 2 is 1.67 bits per heavy atom. The van der Waals surface area contributed by atoms with E-state index in [0.29, 0.717) is 85.0 Å². The van der Waals surface area contributed by atoms with Gasteiger partial charge >= 0.3 is 0 Å². The minimum absolute atomic E-state index is 0.00631. The number of benzene rings is 2. The molecule has 64 heavy (non-hydrogen) atoms. The fourth-order valence-electron chi connectivity index (χ4n) is 7.51. The highest BCUT2D eigenvalue weighted by Gasteiger charge is 2.26. The molecule has 14 nitrogen and oxygen atoms in total. The Bertz CT molecular complexity index is 2080. The van der Waals surface area contributed by atoms with Gasteiger partial charge < -0.3 is 39.5 Å². The first-order valence-electron chi connectivity index (χ1n) is 22.0. The summed E-state index contributed by atoms with van der Waals surface area (Å²) in [6, 6.07) is 12.0. The van der Waals surface area contributed by atoms with Gasteiger partial charge in [0, 0.05) is 29.8 Å². The number of piperidine rings is 1. The van der Waals surface area contributed by atoms with Crippen molar-refractivity contribution >= 4 is 42.6 Å². The predicted molar refractivity (Wildman–Crippen MR) is 246 cm³/mol. The third-order valence-electron chi connectivity index (χ3n) is 11.0. The number of rotatable bonds is 20. The number of ether oxygens (including phenoxy) is 2. The molecule has 1 unspecified atom stereocenters. The van der Waals surface area contributed by atoms with Crippen molar-refractivity contribution in [2.75, 3.05) is 77.8 Å². The number of nitrogens with zero attached hydrogens (tertiary/aromatic N) is 6. The molecular weight excluding hydrogens is 823 g/mol. The molecule has 0 bridgehead atoms. The second-order valence-corrected chi connectivity index (χ2v) is 16.2. The number of aromatic nitrogens is 3. The molecule has 1 saturated heterocycles. The van der Waals surface area contributed by atoms with Gasteiger partial charge in [-0.2, -0.15) is 0 Å². The molecule has 4 heterocycles. The lowest BCUT2D eigenvalue weighted by Gasteiger charge is -2.34. The van der Waals surface area contributed by atoms with E-state index in [-0.39, 0.29) is 29.5 Å². The van der Waals surface area contributed by atoms with Crippen LogP contribution < -0.4 is 25.0 Å². The number of hydrogen-bond acceptors (Lipinski definition) is 14. The lowest BCUT2D eigenvalue weighted by atomic mass is 9.90. The maximum atomic E-state index is 15.1. The molecule has 346 valence electrons. The Balaban J connectivity index is 0.000000604. The molecule has 16 heteroatoms. The maximum absolute atomic E-state index is 15.1. The standard InChI is InChI=1S/C39H44F2N6O4.C7H13NO2.C2H7N/c1-26(2)47-17-19-51-38-32(40)20-30(21-34(38)47)37-33(41)23-43-39(45-37)44-36-11-10-28(22-42-36)27-12-15-46(16-13-27)14-5-3-4-6-18-50-35-9-7-8-29(24-48)31(35)25-49;1-8(2)7(6-10)4-3-5-9;1-3-2/h7-11,20-27H,3-6,12-19H2,1-2H3,(H,42,43,44,45);5-7H,3-4H2,1-2H3;3H,1-2H3. The molecule has 2 aliphatic heterocycles. The molecule has 6 rings (SSSR count). The van der Waals surface area contributed by atoms with E-state index in [2.05, 4.69) is 36.6 Å². The van der Waals surface area contributed by atoms with Crippen LogP contribution in [0.1, 0.15) is 97.4 Å². The monoisotopic (exact) mass is 886 g/mol. The number of pyridine rings is 1. The average Bonchev–Trinajstić information content (AvgIpc) is 3.30. The third-order valence-corrected chi connectivity index (χ3v) is 11.0. The van der Waals surface area contributed by atoms with Crippen LogP contribution in [0.3, 0.4) is 0 Å². The Morgan fingerprint density at radius 1 is 0.922 bits per heavy atom. The van der Waals surface area contributed by atoms with Crippen molar-refractivity contribution in [2.24, 2.45) is 0 Å². The zero-order valence-corrected chi connectivity index (χ0v) is 38.0. The van der Waals surface area contributed by atoms with Crippen molar-refractivity contribution in [3.63, 3.8) is 0 Å². The summed E-state index contributed by atoms with van der Waals surface area (Å²) < 4.78 is 41.4. The minimum atomic E-state index is -0.651. The predicted octanol–water partition coefficient (Wildman–Crippen LogP) is 7.54. The van der Waals surface area contributed by atoms with Gasteiger partial charge in [0.2, 0.25) is 5.95 Å². The van der Waals surface area contributed by atoms with Crippen LogP contribution in [0.15, 0.2) is 54.9 Å². The van der Waals surface area contributed by atoms with Crippen LogP contribution in [0.25, 0.3) is 11.3 Å². The summed E-state index contributed by atoms with van der Waals surface area (Å²) in [5.74, 6) is 0.556. The minimum Gasteiger partial charge on any atom is -0.493 e. The second-order valence-electron chi connectivity index (χ2n) is 16.2. The van der Waals surface area contributed by atoms with E-state index >= 15 is 4.39 Å². The average molecular weight is 887 g/mol. The molecule has 2 aromatic heterocycles. The first-order valence-corrected chi connectivity index (χ1v) is 22.0. The number of nitrogens with one attached hydrogen (secondary N) is 2. The van der Waals surface area contributed by atoms with Crippen LogP contribution in [-0.2, 0) is 9.59 Å². The van der Waals surface area contributed by atoms with E-state index in [1.165, 1.54) is 11.6 Å². The van der Waals surface area contributed by atoms with Gasteiger partial charge in [-0.25, -0.2) is 23.7 Å². The Hall–Kier alpha value is -5.71. The molecule has 0 amide bonds. The van der Waals surface area contributed by atoms with Crippen LogP contribution in [0, 0.1) is 11.6 Å². The number of carbonyl (C=O) groups is 4. The van der Waals surface area contributed by atoms with Gasteiger partial charge in [-0.1, -0.05) is 31.0 Å². The van der Waals surface area contributed by atoms with Crippen molar-refractivity contribution in [3.8, 4) is 22.8 Å². The summed E-state index contributed by atoms with van der Waals surface area (Å²) >= 11 is 0. The third kappa shape index (κ3) is 14.9. The van der Waals surface area contributed by atoms with E-state index < -0.39 is 11.6 Å². The van der Waals surface area contributed by atoms with Crippen LogP contribution in [-0.4, -0.2) is 130 Å². The lowest BCUT2D eigenvalue weighted by Crippen LogP contribution is -2.38. The first-order chi connectivity index (χ1) is 31.0. The zero-order valence-electron chi connectivity index (χ0n) is 38.0. The Kier molecular flexibility index (Phi) is 21.3. The van der Waals surface area contributed by atoms with E-state index in [0.717, 1.165) is 76.9 Å². The van der Waals surface area contributed by atoms with Crippen LogP contribution in [0.5, 0.6) is 11.5 Å². The van der Waals surface area contributed by atoms with Crippen LogP contribution in [0.4, 0.5) is 26.2 Å². The summed E-state index contributed by atoms with van der Waals surface area (Å²) in [5, 5.41) is 5.82. The molecule has 1 atom stereocenters. The summed E-state index contributed by atoms with van der Waals surface area (Å²) in [4.78, 5) is 62.1. The highest BCUT2D eigenvalue weighted by Crippen LogP contribution is 2.39. The van der Waals surface area contributed by atoms with E-state index in [1.807, 2.05) is 59.2 Å². The molecule has 2 N–H and O–H groups in total. The van der Waals surface area contributed by atoms with Crippen molar-refractivity contribution in [1.82, 2.24) is 30.1 Å². The van der Waals surface area contributed by atoms with E-state index in [1.54, 1.807) is 29.2 Å². The SMILES string of the molecule is CC(C)N1CCOc2c(F)cc(-c3nc(Nc4ccc(C5CCN(CCCCCCOc6cccc(C=O)c6C=O)CC5)cn4)ncc3F)cc21.CN(C)C(C=O)CCC=O.CNC. The van der Waals surface area contributed by atoms with E-state index in [9.17, 15) is 23.6 Å². The topological polar surface area (TPSA) is 159 Å². The van der Waals surface area contributed by atoms with Gasteiger partial charge in [0.1, 0.15) is 36.4 Å². The molecule has 0 radical (unpaired) electrons. The molecule has 2 aliphatic rings. The summed E-state index contributed by atoms with van der Waals surface area (Å²) in [7, 11) is 7.40. The van der Waals surface area contributed by atoms with Crippen molar-refractivity contribution < 1.29 is 37.4 Å². The number of fused-ring (bicyclic) bond motifs is 1. The van der Waals surface area contributed by atoms with E-state index in [4.69, 9.17) is 9.47 Å². The number of hydrogen-bond donors (Lipinski definition) is 2.